The minimum absolute atomic E-state index is 0.0413. The molecule has 1 rings (SSSR count). The summed E-state index contributed by atoms with van der Waals surface area (Å²) in [4.78, 5) is 21.3. The molecule has 0 fully saturated rings. The maximum absolute atomic E-state index is 11.3. The average molecular weight is 210 g/mol. The van der Waals surface area contributed by atoms with Gasteiger partial charge in [-0.05, 0) is 24.6 Å². The Morgan fingerprint density at radius 1 is 1.53 bits per heavy atom. The molecular formula is C9H10N2O4. The molecule has 0 saturated carbocycles. The van der Waals surface area contributed by atoms with E-state index < -0.39 is 16.6 Å². The number of nitrogen functional groups attached to an aromatic ring is 1. The fourth-order valence-corrected chi connectivity index (χ4v) is 1.28. The van der Waals surface area contributed by atoms with Crippen LogP contribution >= 0.6 is 0 Å². The van der Waals surface area contributed by atoms with Gasteiger partial charge in [0.15, 0.2) is 0 Å². The number of carbonyl (C=O) groups excluding carboxylic acids is 1. The van der Waals surface area contributed by atoms with Gasteiger partial charge in [0.1, 0.15) is 11.3 Å². The molecule has 0 unspecified atom stereocenters. The summed E-state index contributed by atoms with van der Waals surface area (Å²) < 4.78 is 4.44. The van der Waals surface area contributed by atoms with Gasteiger partial charge in [-0.2, -0.15) is 0 Å². The number of hydrogen-bond acceptors (Lipinski definition) is 5. The zero-order valence-electron chi connectivity index (χ0n) is 8.31. The van der Waals surface area contributed by atoms with Crippen LogP contribution in [-0.2, 0) is 4.74 Å². The first-order valence-electron chi connectivity index (χ1n) is 4.10. The molecule has 0 aliphatic heterocycles. The largest absolute Gasteiger partial charge is 0.465 e. The predicted molar refractivity (Wildman–Crippen MR) is 53.6 cm³/mol. The van der Waals surface area contributed by atoms with Gasteiger partial charge < -0.3 is 10.5 Å². The molecule has 6 heteroatoms. The lowest BCUT2D eigenvalue weighted by molar-refractivity contribution is -0.384. The van der Waals surface area contributed by atoms with Gasteiger partial charge in [-0.3, -0.25) is 10.1 Å². The molecule has 1 aromatic carbocycles. The van der Waals surface area contributed by atoms with Gasteiger partial charge in [0.2, 0.25) is 0 Å². The fourth-order valence-electron chi connectivity index (χ4n) is 1.28. The van der Waals surface area contributed by atoms with Gasteiger partial charge in [-0.15, -0.1) is 0 Å². The van der Waals surface area contributed by atoms with Crippen LogP contribution in [-0.4, -0.2) is 18.0 Å². The highest BCUT2D eigenvalue weighted by atomic mass is 16.6. The molecular weight excluding hydrogens is 200 g/mol. The van der Waals surface area contributed by atoms with E-state index in [0.717, 1.165) is 7.11 Å². The molecule has 0 spiro atoms. The van der Waals surface area contributed by atoms with Gasteiger partial charge in [0.05, 0.1) is 12.0 Å². The molecule has 0 amide bonds. The van der Waals surface area contributed by atoms with Crippen LogP contribution in [0.2, 0.25) is 0 Å². The molecule has 80 valence electrons. The SMILES string of the molecule is COC(=O)c1cc(C)cc(N)c1[N+](=O)[O-]. The van der Waals surface area contributed by atoms with E-state index in [4.69, 9.17) is 5.73 Å². The summed E-state index contributed by atoms with van der Waals surface area (Å²) in [5.41, 5.74) is 5.56. The molecule has 15 heavy (non-hydrogen) atoms. The number of nitro groups is 1. The zero-order valence-corrected chi connectivity index (χ0v) is 8.31. The first-order valence-corrected chi connectivity index (χ1v) is 4.10. The highest BCUT2D eigenvalue weighted by molar-refractivity contribution is 5.96. The number of hydrogen-bond donors (Lipinski definition) is 1. The minimum atomic E-state index is -0.767. The Morgan fingerprint density at radius 2 is 2.13 bits per heavy atom. The smallest absolute Gasteiger partial charge is 0.344 e. The fraction of sp³-hybridized carbons (Fsp3) is 0.222. The second-order valence-electron chi connectivity index (χ2n) is 3.00. The zero-order chi connectivity index (χ0) is 11.6. The Kier molecular flexibility index (Phi) is 2.89. The maximum Gasteiger partial charge on any atom is 0.344 e. The number of rotatable bonds is 2. The predicted octanol–water partition coefficient (Wildman–Crippen LogP) is 1.27. The Bertz CT molecular complexity index is 428. The Balaban J connectivity index is 3.46. The molecule has 0 aliphatic carbocycles. The van der Waals surface area contributed by atoms with Crippen LogP contribution in [0.25, 0.3) is 0 Å². The Morgan fingerprint density at radius 3 is 2.60 bits per heavy atom. The van der Waals surface area contributed by atoms with E-state index in [-0.39, 0.29) is 11.3 Å². The summed E-state index contributed by atoms with van der Waals surface area (Å²) in [6, 6.07) is 2.81. The van der Waals surface area contributed by atoms with Crippen molar-refractivity contribution in [1.82, 2.24) is 0 Å². The number of nitrogens with two attached hydrogens (primary N) is 1. The van der Waals surface area contributed by atoms with Crippen molar-refractivity contribution in [1.29, 1.82) is 0 Å². The number of esters is 1. The summed E-state index contributed by atoms with van der Waals surface area (Å²) in [5.74, 6) is -0.767. The normalized spacial score (nSPS) is 9.73. The molecule has 0 radical (unpaired) electrons. The Hall–Kier alpha value is -2.11. The monoisotopic (exact) mass is 210 g/mol. The molecule has 2 N–H and O–H groups in total. The van der Waals surface area contributed by atoms with Crippen LogP contribution in [0.1, 0.15) is 15.9 Å². The van der Waals surface area contributed by atoms with Crippen molar-refractivity contribution < 1.29 is 14.5 Å². The molecule has 6 nitrogen and oxygen atoms in total. The summed E-state index contributed by atoms with van der Waals surface area (Å²) in [6.07, 6.45) is 0. The maximum atomic E-state index is 11.3. The van der Waals surface area contributed by atoms with E-state index in [9.17, 15) is 14.9 Å². The van der Waals surface area contributed by atoms with Crippen LogP contribution in [0.5, 0.6) is 0 Å². The molecule has 0 aliphatic rings. The third kappa shape index (κ3) is 2.04. The van der Waals surface area contributed by atoms with Gasteiger partial charge >= 0.3 is 11.7 Å². The summed E-state index contributed by atoms with van der Waals surface area (Å²) in [6.45, 7) is 1.69. The summed E-state index contributed by atoms with van der Waals surface area (Å²) in [5, 5.41) is 10.7. The van der Waals surface area contributed by atoms with E-state index in [1.807, 2.05) is 0 Å². The second kappa shape index (κ2) is 3.95. The van der Waals surface area contributed by atoms with Gasteiger partial charge in [0, 0.05) is 0 Å². The van der Waals surface area contributed by atoms with Crippen LogP contribution in [0.3, 0.4) is 0 Å². The van der Waals surface area contributed by atoms with Crippen LogP contribution in [0, 0.1) is 17.0 Å². The minimum Gasteiger partial charge on any atom is -0.465 e. The van der Waals surface area contributed by atoms with Crippen LogP contribution in [0.15, 0.2) is 12.1 Å². The van der Waals surface area contributed by atoms with Crippen LogP contribution in [0.4, 0.5) is 11.4 Å². The van der Waals surface area contributed by atoms with E-state index in [2.05, 4.69) is 4.74 Å². The molecule has 0 aromatic heterocycles. The van der Waals surface area contributed by atoms with E-state index in [1.54, 1.807) is 6.92 Å². The Labute approximate surface area is 85.8 Å². The van der Waals surface area contributed by atoms with Crippen molar-refractivity contribution in [3.05, 3.63) is 33.4 Å². The first kappa shape index (κ1) is 11.0. The van der Waals surface area contributed by atoms with Crippen molar-refractivity contribution in [3.63, 3.8) is 0 Å². The third-order valence-corrected chi connectivity index (χ3v) is 1.87. The first-order chi connectivity index (χ1) is 6.97. The molecule has 1 aromatic rings. The lowest BCUT2D eigenvalue weighted by Crippen LogP contribution is -2.08. The number of nitro benzene ring substituents is 1. The molecule has 0 bridgehead atoms. The lowest BCUT2D eigenvalue weighted by atomic mass is 10.1. The average Bonchev–Trinajstić information content (AvgIpc) is 2.14. The second-order valence-corrected chi connectivity index (χ2v) is 3.00. The number of carbonyl (C=O) groups is 1. The standard InChI is InChI=1S/C9H10N2O4/c1-5-3-6(9(12)15-2)8(11(13)14)7(10)4-5/h3-4H,10H2,1-2H3. The van der Waals surface area contributed by atoms with Crippen molar-refractivity contribution in [2.45, 2.75) is 6.92 Å². The quantitative estimate of drug-likeness (QED) is 0.343. The van der Waals surface area contributed by atoms with Crippen molar-refractivity contribution in [2.24, 2.45) is 0 Å². The van der Waals surface area contributed by atoms with Gasteiger partial charge in [-0.1, -0.05) is 0 Å². The number of methoxy groups -OCH3 is 1. The highest BCUT2D eigenvalue weighted by Gasteiger charge is 2.24. The van der Waals surface area contributed by atoms with Crippen molar-refractivity contribution in [3.8, 4) is 0 Å². The topological polar surface area (TPSA) is 95.5 Å². The third-order valence-electron chi connectivity index (χ3n) is 1.87. The molecule has 0 atom stereocenters. The van der Waals surface area contributed by atoms with E-state index in [1.165, 1.54) is 12.1 Å². The van der Waals surface area contributed by atoms with Gasteiger partial charge in [-0.25, -0.2) is 4.79 Å². The van der Waals surface area contributed by atoms with Gasteiger partial charge in [0.25, 0.3) is 0 Å². The molecule has 0 heterocycles. The van der Waals surface area contributed by atoms with E-state index >= 15 is 0 Å². The summed E-state index contributed by atoms with van der Waals surface area (Å²) in [7, 11) is 1.16. The van der Waals surface area contributed by atoms with Crippen molar-refractivity contribution >= 4 is 17.3 Å². The molecule has 0 saturated heterocycles. The number of aryl methyl sites for hydroxylation is 1. The summed E-state index contributed by atoms with van der Waals surface area (Å²) >= 11 is 0. The van der Waals surface area contributed by atoms with Crippen LogP contribution < -0.4 is 5.73 Å². The van der Waals surface area contributed by atoms with E-state index in [0.29, 0.717) is 5.56 Å². The number of ether oxygens (including phenoxy) is 1. The lowest BCUT2D eigenvalue weighted by Gasteiger charge is -2.04. The van der Waals surface area contributed by atoms with Crippen molar-refractivity contribution in [2.75, 3.05) is 12.8 Å². The number of nitrogens with zero attached hydrogens (tertiary/aromatic N) is 1. The number of anilines is 1. The number of benzene rings is 1. The highest BCUT2D eigenvalue weighted by Crippen LogP contribution is 2.28.